The molecule has 0 heterocycles. The summed E-state index contributed by atoms with van der Waals surface area (Å²) in [4.78, 5) is 0. The van der Waals surface area contributed by atoms with Crippen LogP contribution in [0.3, 0.4) is 0 Å². The first-order valence-electron chi connectivity index (χ1n) is 4.33. The van der Waals surface area contributed by atoms with Crippen LogP contribution in [0.2, 0.25) is 0 Å². The quantitative estimate of drug-likeness (QED) is 0.519. The predicted octanol–water partition coefficient (Wildman–Crippen LogP) is 3.41. The summed E-state index contributed by atoms with van der Waals surface area (Å²) in [5.41, 5.74) is 3.40. The van der Waals surface area contributed by atoms with Gasteiger partial charge in [-0.25, -0.2) is 0 Å². The minimum Gasteiger partial charge on any atom is -0.359 e. The largest absolute Gasteiger partial charge is 0.359 e. The molecule has 0 unspecified atom stereocenters. The van der Waals surface area contributed by atoms with Gasteiger partial charge in [-0.2, -0.15) is 0 Å². The highest BCUT2D eigenvalue weighted by Gasteiger charge is 1.91. The van der Waals surface area contributed by atoms with Crippen LogP contribution in [-0.2, 0) is 0 Å². The van der Waals surface area contributed by atoms with Crippen molar-refractivity contribution in [3.63, 3.8) is 0 Å². The molecule has 78 valence electrons. The first-order valence-corrected chi connectivity index (χ1v) is 4.33. The molecule has 0 aromatic rings. The molecule has 2 N–H and O–H groups in total. The molecule has 0 aromatic carbocycles. The Labute approximate surface area is 87.2 Å². The van der Waals surface area contributed by atoms with E-state index in [0.717, 1.165) is 11.4 Å². The van der Waals surface area contributed by atoms with Crippen LogP contribution in [0.15, 0.2) is 48.4 Å². The van der Waals surface area contributed by atoms with Crippen LogP contribution >= 0.6 is 0 Å². The summed E-state index contributed by atoms with van der Waals surface area (Å²) in [7, 11) is 0. The van der Waals surface area contributed by atoms with Gasteiger partial charge in [-0.1, -0.05) is 24.8 Å². The first-order chi connectivity index (χ1) is 6.61. The zero-order valence-corrected chi connectivity index (χ0v) is 9.35. The smallest absolute Gasteiger partial charge is 0.0375 e. The Kier molecular flexibility index (Phi) is 10.1. The van der Waals surface area contributed by atoms with E-state index < -0.39 is 0 Å². The average molecular weight is 192 g/mol. The summed E-state index contributed by atoms with van der Waals surface area (Å²) in [5.74, 6) is 0. The molecule has 0 saturated heterocycles. The molecule has 0 radical (unpaired) electrons. The Balaban J connectivity index is 0. The number of nitrogens with one attached hydrogen (secondary N) is 2. The maximum Gasteiger partial charge on any atom is 0.0375 e. The first kappa shape index (κ1) is 14.9. The molecule has 0 spiro atoms. The molecular formula is C12H20N2. The van der Waals surface area contributed by atoms with Gasteiger partial charge in [-0.3, -0.25) is 0 Å². The van der Waals surface area contributed by atoms with Crippen molar-refractivity contribution >= 4 is 6.72 Å². The standard InChI is InChI=1S/C11H17N.CH3N/c1-6-8-11(7-2)12-10(5)9(3)4;1-2/h6-8,12H,1-2H2,3-5H3;2H,1H2/b11-8+;. The summed E-state index contributed by atoms with van der Waals surface area (Å²) in [6.07, 6.45) is 5.40. The van der Waals surface area contributed by atoms with E-state index in [0.29, 0.717) is 0 Å². The monoisotopic (exact) mass is 192 g/mol. The van der Waals surface area contributed by atoms with Crippen LogP contribution in [0.5, 0.6) is 0 Å². The zero-order valence-electron chi connectivity index (χ0n) is 9.35. The minimum absolute atomic E-state index is 0.976. The van der Waals surface area contributed by atoms with E-state index in [-0.39, 0.29) is 0 Å². The van der Waals surface area contributed by atoms with Gasteiger partial charge in [0, 0.05) is 11.4 Å². The van der Waals surface area contributed by atoms with Gasteiger partial charge in [0.25, 0.3) is 0 Å². The Hall–Kier alpha value is -1.57. The number of hydrogen-bond acceptors (Lipinski definition) is 2. The topological polar surface area (TPSA) is 35.9 Å². The van der Waals surface area contributed by atoms with Gasteiger partial charge < -0.3 is 10.7 Å². The van der Waals surface area contributed by atoms with Gasteiger partial charge in [-0.05, 0) is 39.6 Å². The normalized spacial score (nSPS) is 9.21. The van der Waals surface area contributed by atoms with E-state index in [1.54, 1.807) is 12.2 Å². The summed E-state index contributed by atoms with van der Waals surface area (Å²) in [5, 5.41) is 8.72. The highest BCUT2D eigenvalue weighted by molar-refractivity contribution is 5.24. The van der Waals surface area contributed by atoms with Crippen molar-refractivity contribution in [3.8, 4) is 0 Å². The van der Waals surface area contributed by atoms with Crippen LogP contribution in [0.25, 0.3) is 0 Å². The fourth-order valence-electron chi connectivity index (χ4n) is 0.629. The van der Waals surface area contributed by atoms with Crippen molar-refractivity contribution in [3.05, 3.63) is 48.4 Å². The molecule has 2 nitrogen and oxygen atoms in total. The molecule has 0 bridgehead atoms. The number of rotatable bonds is 4. The van der Waals surface area contributed by atoms with Gasteiger partial charge in [0.2, 0.25) is 0 Å². The van der Waals surface area contributed by atoms with E-state index in [2.05, 4.69) is 39.0 Å². The Morgan fingerprint density at radius 1 is 1.14 bits per heavy atom. The maximum atomic E-state index is 5.50. The molecule has 0 aromatic heterocycles. The van der Waals surface area contributed by atoms with Crippen molar-refractivity contribution in [1.82, 2.24) is 5.32 Å². The van der Waals surface area contributed by atoms with Gasteiger partial charge in [0.05, 0.1) is 0 Å². The van der Waals surface area contributed by atoms with Crippen LogP contribution < -0.4 is 5.32 Å². The highest BCUT2D eigenvalue weighted by atomic mass is 14.9. The van der Waals surface area contributed by atoms with Crippen LogP contribution in [0.1, 0.15) is 20.8 Å². The lowest BCUT2D eigenvalue weighted by molar-refractivity contribution is 0.970. The molecular weight excluding hydrogens is 172 g/mol. The molecule has 0 saturated carbocycles. The Morgan fingerprint density at radius 2 is 1.64 bits per heavy atom. The summed E-state index contributed by atoms with van der Waals surface area (Å²) in [6.45, 7) is 16.0. The lowest BCUT2D eigenvalue weighted by atomic mass is 10.2. The molecule has 0 aliphatic carbocycles. The van der Waals surface area contributed by atoms with Gasteiger partial charge in [-0.15, -0.1) is 0 Å². The Morgan fingerprint density at radius 3 is 1.93 bits per heavy atom. The molecule has 0 atom stereocenters. The summed E-state index contributed by atoms with van der Waals surface area (Å²) >= 11 is 0. The van der Waals surface area contributed by atoms with Gasteiger partial charge >= 0.3 is 0 Å². The van der Waals surface area contributed by atoms with Crippen molar-refractivity contribution in [2.75, 3.05) is 0 Å². The van der Waals surface area contributed by atoms with Crippen LogP contribution in [-0.4, -0.2) is 6.72 Å². The third kappa shape index (κ3) is 7.10. The number of hydrogen-bond donors (Lipinski definition) is 2. The van der Waals surface area contributed by atoms with Gasteiger partial charge in [0.15, 0.2) is 0 Å². The van der Waals surface area contributed by atoms with E-state index in [1.807, 2.05) is 13.0 Å². The zero-order chi connectivity index (χ0) is 11.6. The second-order valence-electron chi connectivity index (χ2n) is 2.81. The van der Waals surface area contributed by atoms with Crippen molar-refractivity contribution in [1.29, 1.82) is 5.41 Å². The lowest BCUT2D eigenvalue weighted by Gasteiger charge is -2.08. The minimum atomic E-state index is 0.976. The lowest BCUT2D eigenvalue weighted by Crippen LogP contribution is -2.09. The van der Waals surface area contributed by atoms with Crippen molar-refractivity contribution in [2.24, 2.45) is 0 Å². The molecule has 0 rings (SSSR count). The van der Waals surface area contributed by atoms with E-state index in [9.17, 15) is 0 Å². The van der Waals surface area contributed by atoms with Crippen molar-refractivity contribution < 1.29 is 0 Å². The van der Waals surface area contributed by atoms with E-state index in [4.69, 9.17) is 5.41 Å². The second kappa shape index (κ2) is 9.52. The molecule has 0 aliphatic heterocycles. The van der Waals surface area contributed by atoms with E-state index >= 15 is 0 Å². The third-order valence-electron chi connectivity index (χ3n) is 1.60. The van der Waals surface area contributed by atoms with Crippen LogP contribution in [0, 0.1) is 5.41 Å². The van der Waals surface area contributed by atoms with Crippen molar-refractivity contribution in [2.45, 2.75) is 20.8 Å². The van der Waals surface area contributed by atoms with Crippen LogP contribution in [0.4, 0.5) is 0 Å². The third-order valence-corrected chi connectivity index (χ3v) is 1.60. The predicted molar refractivity (Wildman–Crippen MR) is 65.5 cm³/mol. The average Bonchev–Trinajstić information content (AvgIpc) is 2.19. The fourth-order valence-corrected chi connectivity index (χ4v) is 0.629. The maximum absolute atomic E-state index is 5.50. The molecule has 0 aliphatic rings. The number of allylic oxidation sites excluding steroid dienone is 5. The summed E-state index contributed by atoms with van der Waals surface area (Å²) in [6, 6.07) is 0. The Bertz CT molecular complexity index is 243. The van der Waals surface area contributed by atoms with E-state index in [1.165, 1.54) is 5.57 Å². The summed E-state index contributed by atoms with van der Waals surface area (Å²) < 4.78 is 0. The molecule has 0 amide bonds. The fraction of sp³-hybridized carbons (Fsp3) is 0.250. The second-order valence-corrected chi connectivity index (χ2v) is 2.81. The molecule has 14 heavy (non-hydrogen) atoms. The molecule has 2 heteroatoms. The van der Waals surface area contributed by atoms with Gasteiger partial charge in [0.1, 0.15) is 0 Å². The molecule has 0 fully saturated rings. The SMILES string of the molecule is C=C/C=C(\C=C)NC(C)=C(C)C.C=N. The highest BCUT2D eigenvalue weighted by Crippen LogP contribution is 2.01.